The minimum Gasteiger partial charge on any atom is -0.348 e. The molecule has 1 amide bonds. The largest absolute Gasteiger partial charge is 0.348 e. The van der Waals surface area contributed by atoms with E-state index in [0.717, 1.165) is 5.56 Å². The van der Waals surface area contributed by atoms with Crippen LogP contribution in [0.2, 0.25) is 10.2 Å². The van der Waals surface area contributed by atoms with Gasteiger partial charge in [0.2, 0.25) is 0 Å². The van der Waals surface area contributed by atoms with Crippen molar-refractivity contribution in [2.24, 2.45) is 0 Å². The van der Waals surface area contributed by atoms with Crippen LogP contribution in [0.15, 0.2) is 36.8 Å². The molecule has 0 spiro atoms. The second-order valence-electron chi connectivity index (χ2n) is 3.54. The van der Waals surface area contributed by atoms with Gasteiger partial charge in [0.15, 0.2) is 0 Å². The minimum atomic E-state index is -0.259. The van der Waals surface area contributed by atoms with Gasteiger partial charge in [0.25, 0.3) is 5.91 Å². The number of aromatic nitrogens is 2. The Labute approximate surface area is 114 Å². The standard InChI is InChI=1S/C12H9Cl2N3O/c13-10-4-9(7-16-11(10)14)12(18)17-6-8-2-1-3-15-5-8/h1-5,7H,6H2,(H,17,18). The first-order valence-electron chi connectivity index (χ1n) is 5.15. The van der Waals surface area contributed by atoms with Crippen LogP contribution in [0, 0.1) is 0 Å². The zero-order valence-electron chi connectivity index (χ0n) is 9.23. The van der Waals surface area contributed by atoms with Crippen LogP contribution in [0.1, 0.15) is 15.9 Å². The van der Waals surface area contributed by atoms with Gasteiger partial charge in [-0.2, -0.15) is 0 Å². The first-order chi connectivity index (χ1) is 8.66. The molecule has 0 fully saturated rings. The van der Waals surface area contributed by atoms with Crippen molar-refractivity contribution in [3.8, 4) is 0 Å². The van der Waals surface area contributed by atoms with Gasteiger partial charge < -0.3 is 5.32 Å². The molecule has 0 unspecified atom stereocenters. The highest BCUT2D eigenvalue weighted by Gasteiger charge is 2.08. The Morgan fingerprint density at radius 3 is 2.83 bits per heavy atom. The number of nitrogens with one attached hydrogen (secondary N) is 1. The Hall–Kier alpha value is -1.65. The number of carbonyl (C=O) groups is 1. The summed E-state index contributed by atoms with van der Waals surface area (Å²) >= 11 is 11.5. The van der Waals surface area contributed by atoms with Gasteiger partial charge in [-0.15, -0.1) is 0 Å². The van der Waals surface area contributed by atoms with Crippen molar-refractivity contribution in [1.82, 2.24) is 15.3 Å². The van der Waals surface area contributed by atoms with E-state index in [1.807, 2.05) is 12.1 Å². The highest BCUT2D eigenvalue weighted by molar-refractivity contribution is 6.41. The number of rotatable bonds is 3. The van der Waals surface area contributed by atoms with E-state index in [2.05, 4.69) is 15.3 Å². The molecule has 0 bridgehead atoms. The van der Waals surface area contributed by atoms with E-state index in [4.69, 9.17) is 23.2 Å². The number of nitrogens with zero attached hydrogens (tertiary/aromatic N) is 2. The summed E-state index contributed by atoms with van der Waals surface area (Å²) in [4.78, 5) is 19.6. The fraction of sp³-hybridized carbons (Fsp3) is 0.0833. The molecule has 0 aliphatic rings. The second-order valence-corrected chi connectivity index (χ2v) is 4.31. The molecule has 6 heteroatoms. The molecule has 0 saturated carbocycles. The molecule has 0 saturated heterocycles. The molecule has 0 aliphatic heterocycles. The maximum absolute atomic E-state index is 11.8. The molecule has 2 heterocycles. The molecule has 2 rings (SSSR count). The molecule has 0 aliphatic carbocycles. The molecule has 0 aromatic carbocycles. The molecular weight excluding hydrogens is 273 g/mol. The molecule has 2 aromatic rings. The molecule has 0 radical (unpaired) electrons. The summed E-state index contributed by atoms with van der Waals surface area (Å²) in [5.41, 5.74) is 1.28. The smallest absolute Gasteiger partial charge is 0.253 e. The van der Waals surface area contributed by atoms with Gasteiger partial charge in [0.05, 0.1) is 10.6 Å². The maximum atomic E-state index is 11.8. The van der Waals surface area contributed by atoms with Crippen molar-refractivity contribution in [1.29, 1.82) is 0 Å². The number of hydrogen-bond acceptors (Lipinski definition) is 3. The van der Waals surface area contributed by atoms with Crippen molar-refractivity contribution in [3.05, 3.63) is 58.1 Å². The van der Waals surface area contributed by atoms with Crippen LogP contribution >= 0.6 is 23.2 Å². The first-order valence-corrected chi connectivity index (χ1v) is 5.90. The van der Waals surface area contributed by atoms with Crippen molar-refractivity contribution < 1.29 is 4.79 Å². The van der Waals surface area contributed by atoms with Crippen molar-refractivity contribution >= 4 is 29.1 Å². The fourth-order valence-electron chi connectivity index (χ4n) is 1.33. The number of halogens is 2. The zero-order chi connectivity index (χ0) is 13.0. The first kappa shape index (κ1) is 12.8. The highest BCUT2D eigenvalue weighted by atomic mass is 35.5. The van der Waals surface area contributed by atoms with Crippen molar-refractivity contribution in [2.45, 2.75) is 6.54 Å². The summed E-state index contributed by atoms with van der Waals surface area (Å²) in [6.07, 6.45) is 4.74. The average molecular weight is 282 g/mol. The molecular formula is C12H9Cl2N3O. The lowest BCUT2D eigenvalue weighted by molar-refractivity contribution is 0.0950. The van der Waals surface area contributed by atoms with Gasteiger partial charge in [0.1, 0.15) is 5.15 Å². The number of amides is 1. The molecule has 1 N–H and O–H groups in total. The molecule has 18 heavy (non-hydrogen) atoms. The van der Waals surface area contributed by atoms with E-state index in [9.17, 15) is 4.79 Å². The topological polar surface area (TPSA) is 54.9 Å². The average Bonchev–Trinajstić information content (AvgIpc) is 2.40. The highest BCUT2D eigenvalue weighted by Crippen LogP contribution is 2.19. The quantitative estimate of drug-likeness (QED) is 0.881. The lowest BCUT2D eigenvalue weighted by atomic mass is 10.2. The van der Waals surface area contributed by atoms with E-state index in [1.165, 1.54) is 12.3 Å². The summed E-state index contributed by atoms with van der Waals surface area (Å²) in [6, 6.07) is 5.16. The third-order valence-corrected chi connectivity index (χ3v) is 2.92. The molecule has 4 nitrogen and oxygen atoms in total. The fourth-order valence-corrected chi connectivity index (χ4v) is 1.60. The number of pyridine rings is 2. The van der Waals surface area contributed by atoms with Crippen molar-refractivity contribution in [3.63, 3.8) is 0 Å². The predicted octanol–water partition coefficient (Wildman–Crippen LogP) is 2.71. The Bertz CT molecular complexity index is 561. The summed E-state index contributed by atoms with van der Waals surface area (Å²) in [5, 5.41) is 3.18. The molecule has 92 valence electrons. The summed E-state index contributed by atoms with van der Waals surface area (Å²) in [7, 11) is 0. The summed E-state index contributed by atoms with van der Waals surface area (Å²) in [5.74, 6) is -0.259. The molecule has 2 aromatic heterocycles. The zero-order valence-corrected chi connectivity index (χ0v) is 10.7. The van der Waals surface area contributed by atoms with Gasteiger partial charge in [-0.1, -0.05) is 29.3 Å². The number of carbonyl (C=O) groups excluding carboxylic acids is 1. The third kappa shape index (κ3) is 3.18. The normalized spacial score (nSPS) is 10.1. The summed E-state index contributed by atoms with van der Waals surface area (Å²) < 4.78 is 0. The lowest BCUT2D eigenvalue weighted by Gasteiger charge is -2.05. The van der Waals surface area contributed by atoms with E-state index < -0.39 is 0 Å². The van der Waals surface area contributed by atoms with Gasteiger partial charge in [0, 0.05) is 25.1 Å². The van der Waals surface area contributed by atoms with Crippen LogP contribution in [-0.2, 0) is 6.54 Å². The lowest BCUT2D eigenvalue weighted by Crippen LogP contribution is -2.23. The minimum absolute atomic E-state index is 0.181. The van der Waals surface area contributed by atoms with E-state index in [1.54, 1.807) is 12.4 Å². The Morgan fingerprint density at radius 2 is 2.17 bits per heavy atom. The van der Waals surface area contributed by atoms with Crippen LogP contribution < -0.4 is 5.32 Å². The Morgan fingerprint density at radius 1 is 1.33 bits per heavy atom. The van der Waals surface area contributed by atoms with Gasteiger partial charge >= 0.3 is 0 Å². The second kappa shape index (κ2) is 5.80. The van der Waals surface area contributed by atoms with Crippen LogP contribution in [-0.4, -0.2) is 15.9 Å². The van der Waals surface area contributed by atoms with Gasteiger partial charge in [-0.05, 0) is 17.7 Å². The van der Waals surface area contributed by atoms with E-state index in [0.29, 0.717) is 12.1 Å². The van der Waals surface area contributed by atoms with Crippen LogP contribution in [0.25, 0.3) is 0 Å². The monoisotopic (exact) mass is 281 g/mol. The predicted molar refractivity (Wildman–Crippen MR) is 69.7 cm³/mol. The van der Waals surface area contributed by atoms with Crippen molar-refractivity contribution in [2.75, 3.05) is 0 Å². The summed E-state index contributed by atoms with van der Waals surface area (Å²) in [6.45, 7) is 0.396. The Kier molecular flexibility index (Phi) is 4.12. The maximum Gasteiger partial charge on any atom is 0.253 e. The molecule has 0 atom stereocenters. The van der Waals surface area contributed by atoms with Gasteiger partial charge in [-0.3, -0.25) is 9.78 Å². The van der Waals surface area contributed by atoms with Crippen LogP contribution in [0.3, 0.4) is 0 Å². The SMILES string of the molecule is O=C(NCc1cccnc1)c1cnc(Cl)c(Cl)c1. The van der Waals surface area contributed by atoms with E-state index >= 15 is 0 Å². The van der Waals surface area contributed by atoms with E-state index in [-0.39, 0.29) is 16.1 Å². The third-order valence-electron chi connectivity index (χ3n) is 2.23. The number of hydrogen-bond donors (Lipinski definition) is 1. The van der Waals surface area contributed by atoms with Crippen LogP contribution in [0.4, 0.5) is 0 Å². The Balaban J connectivity index is 2.02. The van der Waals surface area contributed by atoms with Crippen LogP contribution in [0.5, 0.6) is 0 Å². The van der Waals surface area contributed by atoms with Gasteiger partial charge in [-0.25, -0.2) is 4.98 Å².